The van der Waals surface area contributed by atoms with E-state index in [0.717, 1.165) is 6.42 Å². The summed E-state index contributed by atoms with van der Waals surface area (Å²) in [6.45, 7) is 7.65. The molecular weight excluding hydrogens is 222 g/mol. The van der Waals surface area contributed by atoms with E-state index in [9.17, 15) is 9.59 Å². The second-order valence-electron chi connectivity index (χ2n) is 4.12. The highest BCUT2D eigenvalue weighted by atomic mass is 16.4. The molecule has 0 aliphatic carbocycles. The van der Waals surface area contributed by atoms with Gasteiger partial charge in [0.2, 0.25) is 0 Å². The Kier molecular flexibility index (Phi) is 7.21. The summed E-state index contributed by atoms with van der Waals surface area (Å²) in [5.74, 6) is -2.42. The summed E-state index contributed by atoms with van der Waals surface area (Å²) in [5.41, 5.74) is 0. The van der Waals surface area contributed by atoms with Gasteiger partial charge in [-0.15, -0.1) is 6.58 Å². The number of hydrogen-bond donors (Lipinski definition) is 2. The molecule has 0 aliphatic rings. The zero-order valence-corrected chi connectivity index (χ0v) is 10.4. The molecule has 0 bridgehead atoms. The van der Waals surface area contributed by atoms with Crippen LogP contribution in [0.3, 0.4) is 0 Å². The standard InChI is InChI=1S/C12H21NO4/c1-4-6-10(12(16)17)13(7-5-2)8-9(3)11(14)15/h5,9-10H,2,4,6-8H2,1,3H3,(H,14,15)(H,16,17). The molecule has 0 fully saturated rings. The van der Waals surface area contributed by atoms with E-state index in [-0.39, 0.29) is 6.54 Å². The largest absolute Gasteiger partial charge is 0.481 e. The highest BCUT2D eigenvalue weighted by Gasteiger charge is 2.26. The number of aliphatic carboxylic acids is 2. The molecule has 0 heterocycles. The van der Waals surface area contributed by atoms with Crippen LogP contribution in [0, 0.1) is 5.92 Å². The van der Waals surface area contributed by atoms with Crippen molar-refractivity contribution in [1.29, 1.82) is 0 Å². The molecule has 0 radical (unpaired) electrons. The maximum Gasteiger partial charge on any atom is 0.320 e. The van der Waals surface area contributed by atoms with E-state index in [4.69, 9.17) is 10.2 Å². The average molecular weight is 243 g/mol. The van der Waals surface area contributed by atoms with Crippen LogP contribution in [0.4, 0.5) is 0 Å². The van der Waals surface area contributed by atoms with Crippen molar-refractivity contribution in [1.82, 2.24) is 4.90 Å². The minimum Gasteiger partial charge on any atom is -0.481 e. The van der Waals surface area contributed by atoms with E-state index in [1.54, 1.807) is 17.9 Å². The van der Waals surface area contributed by atoms with Gasteiger partial charge in [0.1, 0.15) is 6.04 Å². The Morgan fingerprint density at radius 1 is 1.35 bits per heavy atom. The monoisotopic (exact) mass is 243 g/mol. The van der Waals surface area contributed by atoms with Crippen molar-refractivity contribution in [2.45, 2.75) is 32.7 Å². The Labute approximate surface area is 102 Å². The smallest absolute Gasteiger partial charge is 0.320 e. The number of hydrogen-bond acceptors (Lipinski definition) is 3. The van der Waals surface area contributed by atoms with Crippen molar-refractivity contribution in [2.75, 3.05) is 13.1 Å². The first-order valence-electron chi connectivity index (χ1n) is 5.74. The zero-order valence-electron chi connectivity index (χ0n) is 10.4. The summed E-state index contributed by atoms with van der Waals surface area (Å²) in [6, 6.07) is -0.639. The van der Waals surface area contributed by atoms with Crippen LogP contribution < -0.4 is 0 Å². The van der Waals surface area contributed by atoms with Gasteiger partial charge in [-0.3, -0.25) is 14.5 Å². The van der Waals surface area contributed by atoms with Crippen LogP contribution >= 0.6 is 0 Å². The van der Waals surface area contributed by atoms with E-state index in [1.165, 1.54) is 0 Å². The van der Waals surface area contributed by atoms with Gasteiger partial charge in [0.15, 0.2) is 0 Å². The first-order valence-corrected chi connectivity index (χ1v) is 5.74. The van der Waals surface area contributed by atoms with Crippen LogP contribution in [0.2, 0.25) is 0 Å². The fraction of sp³-hybridized carbons (Fsp3) is 0.667. The minimum absolute atomic E-state index is 0.221. The number of nitrogens with zero attached hydrogens (tertiary/aromatic N) is 1. The number of carboxylic acid groups (broad SMARTS) is 2. The summed E-state index contributed by atoms with van der Waals surface area (Å²) in [6.07, 6.45) is 2.85. The van der Waals surface area contributed by atoms with E-state index in [2.05, 4.69) is 6.58 Å². The molecule has 98 valence electrons. The minimum atomic E-state index is -0.917. The van der Waals surface area contributed by atoms with Crippen molar-refractivity contribution in [2.24, 2.45) is 5.92 Å². The second kappa shape index (κ2) is 7.84. The highest BCUT2D eigenvalue weighted by molar-refractivity contribution is 5.74. The molecule has 2 N–H and O–H groups in total. The number of carboxylic acids is 2. The Hall–Kier alpha value is -1.36. The maximum absolute atomic E-state index is 11.1. The van der Waals surface area contributed by atoms with Crippen LogP contribution in [0.5, 0.6) is 0 Å². The van der Waals surface area contributed by atoms with Crippen LogP contribution in [0.25, 0.3) is 0 Å². The van der Waals surface area contributed by atoms with Crippen molar-refractivity contribution < 1.29 is 19.8 Å². The number of rotatable bonds is 9. The molecule has 0 saturated carbocycles. The van der Waals surface area contributed by atoms with Gasteiger partial charge in [-0.2, -0.15) is 0 Å². The molecule has 0 aromatic heterocycles. The zero-order chi connectivity index (χ0) is 13.4. The third-order valence-corrected chi connectivity index (χ3v) is 2.58. The van der Waals surface area contributed by atoms with E-state index in [1.807, 2.05) is 6.92 Å². The van der Waals surface area contributed by atoms with Gasteiger partial charge >= 0.3 is 11.9 Å². The molecule has 0 aromatic carbocycles. The van der Waals surface area contributed by atoms with Crippen molar-refractivity contribution in [3.8, 4) is 0 Å². The summed E-state index contributed by atoms with van der Waals surface area (Å²) < 4.78 is 0. The van der Waals surface area contributed by atoms with Crippen LogP contribution in [-0.2, 0) is 9.59 Å². The molecular formula is C12H21NO4. The fourth-order valence-electron chi connectivity index (χ4n) is 1.66. The molecule has 0 saturated heterocycles. The first-order chi connectivity index (χ1) is 7.93. The van der Waals surface area contributed by atoms with E-state index in [0.29, 0.717) is 13.0 Å². The Balaban J connectivity index is 4.71. The van der Waals surface area contributed by atoms with Gasteiger partial charge in [-0.05, 0) is 6.42 Å². The SMILES string of the molecule is C=CCN(CC(C)C(=O)O)C(CCC)C(=O)O. The van der Waals surface area contributed by atoms with Crippen LogP contribution in [-0.4, -0.2) is 46.2 Å². The lowest BCUT2D eigenvalue weighted by molar-refractivity contribution is -0.147. The van der Waals surface area contributed by atoms with Gasteiger partial charge in [-0.25, -0.2) is 0 Å². The van der Waals surface area contributed by atoms with Crippen molar-refractivity contribution >= 4 is 11.9 Å². The molecule has 0 spiro atoms. The normalized spacial score (nSPS) is 14.3. The summed E-state index contributed by atoms with van der Waals surface area (Å²) in [4.78, 5) is 23.6. The third-order valence-electron chi connectivity index (χ3n) is 2.58. The lowest BCUT2D eigenvalue weighted by atomic mass is 10.1. The Morgan fingerprint density at radius 2 is 1.94 bits per heavy atom. The molecule has 2 unspecified atom stereocenters. The topological polar surface area (TPSA) is 77.8 Å². The summed E-state index contributed by atoms with van der Waals surface area (Å²) in [7, 11) is 0. The molecule has 0 aromatic rings. The molecule has 5 nitrogen and oxygen atoms in total. The molecule has 17 heavy (non-hydrogen) atoms. The molecule has 2 atom stereocenters. The summed E-state index contributed by atoms with van der Waals surface area (Å²) >= 11 is 0. The summed E-state index contributed by atoms with van der Waals surface area (Å²) in [5, 5.41) is 18.0. The lowest BCUT2D eigenvalue weighted by Crippen LogP contribution is -2.44. The molecule has 0 rings (SSSR count). The predicted molar refractivity (Wildman–Crippen MR) is 64.9 cm³/mol. The van der Waals surface area contributed by atoms with E-state index < -0.39 is 23.9 Å². The van der Waals surface area contributed by atoms with Gasteiger partial charge in [0, 0.05) is 13.1 Å². The molecule has 0 amide bonds. The fourth-order valence-corrected chi connectivity index (χ4v) is 1.66. The van der Waals surface area contributed by atoms with Crippen LogP contribution in [0.15, 0.2) is 12.7 Å². The van der Waals surface area contributed by atoms with Gasteiger partial charge in [0.05, 0.1) is 5.92 Å². The van der Waals surface area contributed by atoms with Gasteiger partial charge < -0.3 is 10.2 Å². The van der Waals surface area contributed by atoms with Crippen molar-refractivity contribution in [3.63, 3.8) is 0 Å². The quantitative estimate of drug-likeness (QED) is 0.599. The molecule has 0 aliphatic heterocycles. The highest BCUT2D eigenvalue weighted by Crippen LogP contribution is 2.11. The van der Waals surface area contributed by atoms with Gasteiger partial charge in [-0.1, -0.05) is 26.3 Å². The second-order valence-corrected chi connectivity index (χ2v) is 4.12. The number of carbonyl (C=O) groups is 2. The molecule has 5 heteroatoms. The van der Waals surface area contributed by atoms with E-state index >= 15 is 0 Å². The van der Waals surface area contributed by atoms with Gasteiger partial charge in [0.25, 0.3) is 0 Å². The first kappa shape index (κ1) is 15.6. The Morgan fingerprint density at radius 3 is 2.29 bits per heavy atom. The predicted octanol–water partition coefficient (Wildman–Crippen LogP) is 1.45. The van der Waals surface area contributed by atoms with Crippen molar-refractivity contribution in [3.05, 3.63) is 12.7 Å². The lowest BCUT2D eigenvalue weighted by Gasteiger charge is -2.28. The average Bonchev–Trinajstić information content (AvgIpc) is 2.24. The Bertz CT molecular complexity index is 278. The van der Waals surface area contributed by atoms with Crippen LogP contribution in [0.1, 0.15) is 26.7 Å². The maximum atomic E-state index is 11.1. The third kappa shape index (κ3) is 5.49.